The molecule has 0 radical (unpaired) electrons. The van der Waals surface area contributed by atoms with Gasteiger partial charge in [-0.2, -0.15) is 11.3 Å². The number of sulfonamides is 1. The molecule has 1 saturated heterocycles. The van der Waals surface area contributed by atoms with E-state index in [-0.39, 0.29) is 4.90 Å². The number of nitrogens with zero attached hydrogens (tertiary/aromatic N) is 1. The molecule has 1 aliphatic heterocycles. The Morgan fingerprint density at radius 1 is 1.06 bits per heavy atom. The molecule has 2 aromatic carbocycles. The van der Waals surface area contributed by atoms with Crippen LogP contribution in [0.2, 0.25) is 0 Å². The van der Waals surface area contributed by atoms with E-state index in [0.717, 1.165) is 29.9 Å². The number of hydrogen-bond acceptors (Lipinski definition) is 6. The molecule has 6 nitrogen and oxygen atoms in total. The van der Waals surface area contributed by atoms with Gasteiger partial charge < -0.3 is 15.0 Å². The van der Waals surface area contributed by atoms with Crippen LogP contribution in [-0.4, -0.2) is 40.7 Å². The second kappa shape index (κ2) is 9.13. The molecule has 0 spiro atoms. The lowest BCUT2D eigenvalue weighted by atomic mass is 10.1. The fourth-order valence-corrected chi connectivity index (χ4v) is 6.10. The molecular weight excluding hydrogens is 442 g/mol. The summed E-state index contributed by atoms with van der Waals surface area (Å²) < 4.78 is 34.4. The number of ether oxygens (including phenoxy) is 1. The normalized spacial score (nSPS) is 19.1. The van der Waals surface area contributed by atoms with Crippen LogP contribution in [0.3, 0.4) is 0 Å². The summed E-state index contributed by atoms with van der Waals surface area (Å²) in [5, 5.41) is 7.68. The van der Waals surface area contributed by atoms with Crippen LogP contribution in [0.25, 0.3) is 11.1 Å². The van der Waals surface area contributed by atoms with E-state index in [1.807, 2.05) is 30.3 Å². The topological polar surface area (TPSA) is 70.7 Å². The highest BCUT2D eigenvalue weighted by molar-refractivity contribution is 7.92. The molecule has 1 aliphatic rings. The molecule has 1 fully saturated rings. The second-order valence-corrected chi connectivity index (χ2v) is 10.8. The summed E-state index contributed by atoms with van der Waals surface area (Å²) in [4.78, 5) is 2.48. The van der Waals surface area contributed by atoms with Crippen LogP contribution in [0.15, 0.2) is 58.1 Å². The maximum absolute atomic E-state index is 13.1. The fraction of sp³-hybridized carbons (Fsp3) is 0.333. The highest BCUT2D eigenvalue weighted by atomic mass is 32.2. The Bertz CT molecular complexity index is 1180. The van der Waals surface area contributed by atoms with Gasteiger partial charge in [0.2, 0.25) is 0 Å². The minimum Gasteiger partial charge on any atom is -0.495 e. The fourth-order valence-electron chi connectivity index (χ4n) is 4.18. The molecule has 8 heteroatoms. The third kappa shape index (κ3) is 4.77. The predicted octanol–water partition coefficient (Wildman–Crippen LogP) is 4.72. The highest BCUT2D eigenvalue weighted by Gasteiger charge is 2.23. The quantitative estimate of drug-likeness (QED) is 0.544. The van der Waals surface area contributed by atoms with Crippen LogP contribution < -0.4 is 19.7 Å². The summed E-state index contributed by atoms with van der Waals surface area (Å²) in [6.45, 7) is 8.06. The number of rotatable bonds is 6. The smallest absolute Gasteiger partial charge is 0.262 e. The van der Waals surface area contributed by atoms with E-state index in [1.54, 1.807) is 30.6 Å². The predicted molar refractivity (Wildman–Crippen MR) is 133 cm³/mol. The summed E-state index contributed by atoms with van der Waals surface area (Å²) in [7, 11) is -2.23. The summed E-state index contributed by atoms with van der Waals surface area (Å²) in [6, 6.07) is 13.3. The Morgan fingerprint density at radius 3 is 2.34 bits per heavy atom. The van der Waals surface area contributed by atoms with Crippen molar-refractivity contribution in [2.24, 2.45) is 0 Å². The van der Waals surface area contributed by atoms with Crippen molar-refractivity contribution in [3.8, 4) is 16.9 Å². The lowest BCUT2D eigenvalue weighted by Crippen LogP contribution is -2.54. The summed E-state index contributed by atoms with van der Waals surface area (Å²) in [5.74, 6) is 0.485. The van der Waals surface area contributed by atoms with Crippen LogP contribution >= 0.6 is 11.3 Å². The molecule has 0 amide bonds. The number of nitrogens with one attached hydrogen (secondary N) is 2. The lowest BCUT2D eigenvalue weighted by Gasteiger charge is -2.38. The van der Waals surface area contributed by atoms with Crippen molar-refractivity contribution in [2.75, 3.05) is 29.8 Å². The number of anilines is 2. The Hall–Kier alpha value is -2.55. The molecular formula is C24H29N3O3S2. The molecule has 2 N–H and O–H groups in total. The molecule has 3 aromatic rings. The number of aryl methyl sites for hydroxylation is 1. The number of benzene rings is 2. The van der Waals surface area contributed by atoms with E-state index in [9.17, 15) is 8.42 Å². The maximum atomic E-state index is 13.1. The van der Waals surface area contributed by atoms with Crippen LogP contribution in [0, 0.1) is 6.92 Å². The maximum Gasteiger partial charge on any atom is 0.262 e. The Morgan fingerprint density at radius 2 is 1.75 bits per heavy atom. The second-order valence-electron chi connectivity index (χ2n) is 8.36. The average molecular weight is 472 g/mol. The summed E-state index contributed by atoms with van der Waals surface area (Å²) in [5.41, 5.74) is 4.71. The highest BCUT2D eigenvalue weighted by Crippen LogP contribution is 2.33. The molecule has 2 heterocycles. The molecule has 170 valence electrons. The Balaban J connectivity index is 1.60. The van der Waals surface area contributed by atoms with E-state index in [2.05, 4.69) is 46.5 Å². The van der Waals surface area contributed by atoms with Crippen molar-refractivity contribution in [1.82, 2.24) is 5.32 Å². The van der Waals surface area contributed by atoms with Crippen molar-refractivity contribution >= 4 is 32.7 Å². The molecule has 0 bridgehead atoms. The molecule has 1 aromatic heterocycles. The molecule has 4 rings (SSSR count). The van der Waals surface area contributed by atoms with E-state index >= 15 is 0 Å². The zero-order valence-corrected chi connectivity index (χ0v) is 20.4. The first kappa shape index (κ1) is 22.6. The average Bonchev–Trinajstić information content (AvgIpc) is 3.18. The van der Waals surface area contributed by atoms with Gasteiger partial charge in [0.1, 0.15) is 5.75 Å². The van der Waals surface area contributed by atoms with E-state index in [1.165, 1.54) is 5.56 Å². The molecule has 32 heavy (non-hydrogen) atoms. The van der Waals surface area contributed by atoms with Gasteiger partial charge in [0.25, 0.3) is 10.0 Å². The number of thiophene rings is 1. The zero-order chi connectivity index (χ0) is 22.9. The third-order valence-electron chi connectivity index (χ3n) is 5.68. The minimum atomic E-state index is -3.77. The van der Waals surface area contributed by atoms with Crippen LogP contribution in [0.4, 0.5) is 11.4 Å². The van der Waals surface area contributed by atoms with Crippen LogP contribution in [0.1, 0.15) is 19.4 Å². The van der Waals surface area contributed by atoms with Gasteiger partial charge >= 0.3 is 0 Å². The first-order chi connectivity index (χ1) is 15.3. The van der Waals surface area contributed by atoms with Crippen molar-refractivity contribution in [1.29, 1.82) is 0 Å². The van der Waals surface area contributed by atoms with Gasteiger partial charge in [-0.25, -0.2) is 8.42 Å². The molecule has 2 unspecified atom stereocenters. The van der Waals surface area contributed by atoms with Gasteiger partial charge in [0.05, 0.1) is 17.7 Å². The van der Waals surface area contributed by atoms with E-state index < -0.39 is 10.0 Å². The third-order valence-corrected chi connectivity index (χ3v) is 7.92. The molecule has 0 saturated carbocycles. The van der Waals surface area contributed by atoms with Crippen LogP contribution in [-0.2, 0) is 10.0 Å². The summed E-state index contributed by atoms with van der Waals surface area (Å²) in [6.07, 6.45) is 0. The van der Waals surface area contributed by atoms with Gasteiger partial charge in [-0.05, 0) is 78.6 Å². The minimum absolute atomic E-state index is 0.214. The van der Waals surface area contributed by atoms with Gasteiger partial charge in [-0.1, -0.05) is 12.1 Å². The summed E-state index contributed by atoms with van der Waals surface area (Å²) >= 11 is 1.64. The van der Waals surface area contributed by atoms with Crippen LogP contribution in [0.5, 0.6) is 5.75 Å². The van der Waals surface area contributed by atoms with Crippen molar-refractivity contribution < 1.29 is 13.2 Å². The van der Waals surface area contributed by atoms with Gasteiger partial charge in [-0.15, -0.1) is 0 Å². The van der Waals surface area contributed by atoms with Crippen molar-refractivity contribution in [2.45, 2.75) is 37.8 Å². The Kier molecular flexibility index (Phi) is 6.46. The van der Waals surface area contributed by atoms with Crippen molar-refractivity contribution in [3.63, 3.8) is 0 Å². The first-order valence-electron chi connectivity index (χ1n) is 10.6. The lowest BCUT2D eigenvalue weighted by molar-refractivity contribution is 0.406. The number of piperazine rings is 1. The van der Waals surface area contributed by atoms with Gasteiger partial charge in [0, 0.05) is 30.9 Å². The molecule has 2 atom stereocenters. The number of hydrogen-bond donors (Lipinski definition) is 2. The van der Waals surface area contributed by atoms with Gasteiger partial charge in [0.15, 0.2) is 0 Å². The SMILES string of the molecule is COc1ccc(N2CC(C)NC(C)C2)cc1NS(=O)(=O)c1ccc(-c2cscc2C)cc1. The van der Waals surface area contributed by atoms with E-state index in [4.69, 9.17) is 4.74 Å². The standard InChI is InChI=1S/C24H29N3O3S2/c1-16-14-31-15-22(16)19-5-8-21(9-6-19)32(28,29)26-23-11-20(7-10-24(23)30-4)27-12-17(2)25-18(3)13-27/h5-11,14-15,17-18,25-26H,12-13H2,1-4H3. The van der Waals surface area contributed by atoms with Gasteiger partial charge in [-0.3, -0.25) is 4.72 Å². The zero-order valence-electron chi connectivity index (χ0n) is 18.8. The monoisotopic (exact) mass is 471 g/mol. The number of methoxy groups -OCH3 is 1. The molecule has 0 aliphatic carbocycles. The van der Waals surface area contributed by atoms with E-state index in [0.29, 0.717) is 23.5 Å². The largest absolute Gasteiger partial charge is 0.495 e. The first-order valence-corrected chi connectivity index (χ1v) is 13.0. The Labute approximate surface area is 194 Å². The van der Waals surface area contributed by atoms with Crippen molar-refractivity contribution in [3.05, 3.63) is 58.8 Å².